The van der Waals surface area contributed by atoms with Gasteiger partial charge in [-0.25, -0.2) is 4.79 Å². The molecule has 1 aromatic carbocycles. The maximum atomic E-state index is 11.5. The lowest BCUT2D eigenvalue weighted by atomic mass is 10.2. The molecule has 0 radical (unpaired) electrons. The molecule has 110 valence electrons. The van der Waals surface area contributed by atoms with E-state index in [1.807, 2.05) is 0 Å². The van der Waals surface area contributed by atoms with Crippen LogP contribution in [0.4, 0.5) is 0 Å². The Bertz CT molecular complexity index is 478. The highest BCUT2D eigenvalue weighted by molar-refractivity contribution is 9.10. The molecule has 0 unspecified atom stereocenters. The summed E-state index contributed by atoms with van der Waals surface area (Å²) in [6.45, 7) is 0.983. The van der Waals surface area contributed by atoms with E-state index in [2.05, 4.69) is 21.2 Å². The molecule has 6 nitrogen and oxygen atoms in total. The highest BCUT2D eigenvalue weighted by Crippen LogP contribution is 2.25. The van der Waals surface area contributed by atoms with Gasteiger partial charge in [0.2, 0.25) is 0 Å². The molecule has 0 aliphatic carbocycles. The lowest BCUT2D eigenvalue weighted by Gasteiger charge is -2.09. The van der Waals surface area contributed by atoms with Gasteiger partial charge < -0.3 is 19.9 Å². The van der Waals surface area contributed by atoms with Gasteiger partial charge in [-0.2, -0.15) is 0 Å². The molecule has 0 bridgehead atoms. The van der Waals surface area contributed by atoms with Crippen LogP contribution in [-0.2, 0) is 9.53 Å². The van der Waals surface area contributed by atoms with Gasteiger partial charge in [-0.15, -0.1) is 0 Å². The predicted octanol–water partition coefficient (Wildman–Crippen LogP) is 1.68. The van der Waals surface area contributed by atoms with Gasteiger partial charge in [0.05, 0.1) is 10.0 Å². The van der Waals surface area contributed by atoms with Gasteiger partial charge in [0, 0.05) is 20.3 Å². The largest absolute Gasteiger partial charge is 0.483 e. The Balaban J connectivity index is 2.41. The van der Waals surface area contributed by atoms with Crippen molar-refractivity contribution in [3.63, 3.8) is 0 Å². The molecule has 1 aromatic rings. The van der Waals surface area contributed by atoms with Crippen molar-refractivity contribution in [3.8, 4) is 5.75 Å². The molecule has 0 saturated heterocycles. The SMILES string of the molecule is COCCCNC(=O)COc1ccc(C(=O)O)cc1Br. The standard InChI is InChI=1S/C13H16BrNO5/c1-19-6-2-5-15-12(16)8-20-11-4-3-9(13(17)18)7-10(11)14/h3-4,7H,2,5-6,8H2,1H3,(H,15,16)(H,17,18). The molecule has 0 aliphatic heterocycles. The molecule has 0 heterocycles. The quantitative estimate of drug-likeness (QED) is 0.700. The Kier molecular flexibility index (Phi) is 7.03. The molecule has 0 atom stereocenters. The molecule has 0 aromatic heterocycles. The van der Waals surface area contributed by atoms with E-state index in [9.17, 15) is 9.59 Å². The van der Waals surface area contributed by atoms with Gasteiger partial charge in [0.1, 0.15) is 5.75 Å². The first-order chi connectivity index (χ1) is 9.54. The van der Waals surface area contributed by atoms with Crippen LogP contribution in [-0.4, -0.2) is 43.9 Å². The monoisotopic (exact) mass is 345 g/mol. The zero-order chi connectivity index (χ0) is 15.0. The summed E-state index contributed by atoms with van der Waals surface area (Å²) < 4.78 is 10.7. The van der Waals surface area contributed by atoms with Crippen molar-refractivity contribution in [2.24, 2.45) is 0 Å². The molecule has 0 spiro atoms. The van der Waals surface area contributed by atoms with Crippen molar-refractivity contribution >= 4 is 27.8 Å². The zero-order valence-corrected chi connectivity index (χ0v) is 12.6. The summed E-state index contributed by atoms with van der Waals surface area (Å²) in [5.41, 5.74) is 0.147. The Morgan fingerprint density at radius 1 is 1.40 bits per heavy atom. The van der Waals surface area contributed by atoms with Gasteiger partial charge >= 0.3 is 5.97 Å². The van der Waals surface area contributed by atoms with Crippen LogP contribution < -0.4 is 10.1 Å². The van der Waals surface area contributed by atoms with Gasteiger partial charge in [0.25, 0.3) is 5.91 Å². The number of ether oxygens (including phenoxy) is 2. The number of amides is 1. The molecule has 0 saturated carbocycles. The summed E-state index contributed by atoms with van der Waals surface area (Å²) in [4.78, 5) is 22.2. The topological polar surface area (TPSA) is 84.9 Å². The zero-order valence-electron chi connectivity index (χ0n) is 11.0. The van der Waals surface area contributed by atoms with E-state index in [0.717, 1.165) is 6.42 Å². The average molecular weight is 346 g/mol. The highest BCUT2D eigenvalue weighted by Gasteiger charge is 2.09. The van der Waals surface area contributed by atoms with Gasteiger partial charge in [0.15, 0.2) is 6.61 Å². The summed E-state index contributed by atoms with van der Waals surface area (Å²) in [7, 11) is 1.60. The summed E-state index contributed by atoms with van der Waals surface area (Å²) in [5, 5.41) is 11.5. The number of carbonyl (C=O) groups is 2. The number of hydrogen-bond acceptors (Lipinski definition) is 4. The fourth-order valence-electron chi connectivity index (χ4n) is 1.39. The van der Waals surface area contributed by atoms with Gasteiger partial charge in [-0.3, -0.25) is 4.79 Å². The van der Waals surface area contributed by atoms with Crippen LogP contribution in [0.3, 0.4) is 0 Å². The van der Waals surface area contributed by atoms with Crippen LogP contribution in [0.15, 0.2) is 22.7 Å². The third-order valence-corrected chi connectivity index (χ3v) is 3.00. The summed E-state index contributed by atoms with van der Waals surface area (Å²) >= 11 is 3.20. The highest BCUT2D eigenvalue weighted by atomic mass is 79.9. The predicted molar refractivity (Wildman–Crippen MR) is 76.1 cm³/mol. The summed E-state index contributed by atoms with van der Waals surface area (Å²) in [6, 6.07) is 4.35. The maximum Gasteiger partial charge on any atom is 0.335 e. The number of carboxylic acids is 1. The molecule has 20 heavy (non-hydrogen) atoms. The molecule has 1 rings (SSSR count). The number of halogens is 1. The van der Waals surface area contributed by atoms with Crippen LogP contribution in [0.5, 0.6) is 5.75 Å². The van der Waals surface area contributed by atoms with E-state index in [-0.39, 0.29) is 18.1 Å². The number of aromatic carboxylic acids is 1. The van der Waals surface area contributed by atoms with Crippen molar-refractivity contribution in [3.05, 3.63) is 28.2 Å². The summed E-state index contributed by atoms with van der Waals surface area (Å²) in [5.74, 6) is -0.842. The minimum Gasteiger partial charge on any atom is -0.483 e. The van der Waals surface area contributed by atoms with Gasteiger partial charge in [-0.1, -0.05) is 0 Å². The second-order valence-corrected chi connectivity index (χ2v) is 4.79. The minimum absolute atomic E-state index is 0.127. The third kappa shape index (κ3) is 5.58. The van der Waals surface area contributed by atoms with Gasteiger partial charge in [-0.05, 0) is 40.5 Å². The number of methoxy groups -OCH3 is 1. The molecule has 0 fully saturated rings. The fourth-order valence-corrected chi connectivity index (χ4v) is 1.88. The van der Waals surface area contributed by atoms with Crippen LogP contribution in [0.25, 0.3) is 0 Å². The molecular weight excluding hydrogens is 330 g/mol. The number of carbonyl (C=O) groups excluding carboxylic acids is 1. The average Bonchev–Trinajstić information content (AvgIpc) is 2.42. The Morgan fingerprint density at radius 3 is 2.75 bits per heavy atom. The third-order valence-electron chi connectivity index (χ3n) is 2.39. The molecule has 2 N–H and O–H groups in total. The number of nitrogens with one attached hydrogen (secondary N) is 1. The van der Waals surface area contributed by atoms with Crippen molar-refractivity contribution in [1.82, 2.24) is 5.32 Å². The van der Waals surface area contributed by atoms with Crippen LogP contribution in [0.2, 0.25) is 0 Å². The van der Waals surface area contributed by atoms with Crippen molar-refractivity contribution in [1.29, 1.82) is 0 Å². The van der Waals surface area contributed by atoms with Crippen LogP contribution in [0.1, 0.15) is 16.8 Å². The maximum absolute atomic E-state index is 11.5. The molecule has 0 aliphatic rings. The van der Waals surface area contributed by atoms with E-state index in [1.165, 1.54) is 18.2 Å². The second kappa shape index (κ2) is 8.55. The van der Waals surface area contributed by atoms with E-state index in [4.69, 9.17) is 14.6 Å². The first-order valence-electron chi connectivity index (χ1n) is 5.96. The van der Waals surface area contributed by atoms with Crippen molar-refractivity contribution in [2.75, 3.05) is 26.9 Å². The van der Waals surface area contributed by atoms with E-state index in [0.29, 0.717) is 23.4 Å². The van der Waals surface area contributed by atoms with E-state index < -0.39 is 5.97 Å². The fraction of sp³-hybridized carbons (Fsp3) is 0.385. The first kappa shape index (κ1) is 16.5. The lowest BCUT2D eigenvalue weighted by molar-refractivity contribution is -0.123. The number of carboxylic acid groups (broad SMARTS) is 1. The number of rotatable bonds is 8. The van der Waals surface area contributed by atoms with Crippen LogP contribution in [0, 0.1) is 0 Å². The molecule has 1 amide bonds. The number of benzene rings is 1. The smallest absolute Gasteiger partial charge is 0.335 e. The number of hydrogen-bond donors (Lipinski definition) is 2. The molecular formula is C13H16BrNO5. The van der Waals surface area contributed by atoms with Crippen LogP contribution >= 0.6 is 15.9 Å². The normalized spacial score (nSPS) is 10.1. The Hall–Kier alpha value is -1.60. The van der Waals surface area contributed by atoms with Crippen molar-refractivity contribution < 1.29 is 24.2 Å². The van der Waals surface area contributed by atoms with Crippen molar-refractivity contribution in [2.45, 2.75) is 6.42 Å². The molecule has 7 heteroatoms. The Labute approximate surface area is 125 Å². The Morgan fingerprint density at radius 2 is 2.15 bits per heavy atom. The summed E-state index contributed by atoms with van der Waals surface area (Å²) in [6.07, 6.45) is 0.735. The second-order valence-electron chi connectivity index (χ2n) is 3.94. The van der Waals surface area contributed by atoms with E-state index >= 15 is 0 Å². The van der Waals surface area contributed by atoms with E-state index in [1.54, 1.807) is 7.11 Å². The lowest BCUT2D eigenvalue weighted by Crippen LogP contribution is -2.30. The first-order valence-corrected chi connectivity index (χ1v) is 6.75. The minimum atomic E-state index is -1.02.